The van der Waals surface area contributed by atoms with Crippen molar-refractivity contribution in [1.29, 1.82) is 0 Å². The Morgan fingerprint density at radius 2 is 2.09 bits per heavy atom. The lowest BCUT2D eigenvalue weighted by Crippen LogP contribution is -2.09. The monoisotopic (exact) mass is 450 g/mol. The maximum absolute atomic E-state index is 12.0. The summed E-state index contributed by atoms with van der Waals surface area (Å²) >= 11 is 1.50. The van der Waals surface area contributed by atoms with Crippen LogP contribution in [0.3, 0.4) is 0 Å². The Morgan fingerprint density at radius 1 is 1.25 bits per heavy atom. The molecular weight excluding hydrogens is 428 g/mol. The standard InChI is InChI=1S/C23H22N4O4S/c1-3-4-5-22(28)25-15-9-21(32-13-15)19-12-24-11-18(26-19)14-6-7-16(20(8-14)30-2)17-10-23(29)31-27-17/h6-9,11-13H,3-5,10H2,1-2H3,(H,25,28). The van der Waals surface area contributed by atoms with E-state index in [1.54, 1.807) is 19.5 Å². The second-order valence-electron chi connectivity index (χ2n) is 7.23. The van der Waals surface area contributed by atoms with Crippen LogP contribution in [0.2, 0.25) is 0 Å². The van der Waals surface area contributed by atoms with E-state index in [1.807, 2.05) is 29.6 Å². The maximum atomic E-state index is 12.0. The van der Waals surface area contributed by atoms with Crippen LogP contribution < -0.4 is 10.1 Å². The zero-order valence-electron chi connectivity index (χ0n) is 17.8. The number of carbonyl (C=O) groups is 2. The van der Waals surface area contributed by atoms with Gasteiger partial charge in [-0.3, -0.25) is 9.78 Å². The molecule has 0 aliphatic carbocycles. The SMILES string of the molecule is CCCCC(=O)Nc1csc(-c2cncc(-c3ccc(C4=NOC(=O)C4)c(OC)c3)n2)c1. The molecule has 0 saturated heterocycles. The van der Waals surface area contributed by atoms with Gasteiger partial charge in [-0.2, -0.15) is 0 Å². The van der Waals surface area contributed by atoms with Crippen molar-refractivity contribution in [2.24, 2.45) is 5.16 Å². The molecule has 0 atom stereocenters. The lowest BCUT2D eigenvalue weighted by molar-refractivity contribution is -0.140. The predicted octanol–water partition coefficient (Wildman–Crippen LogP) is 4.66. The van der Waals surface area contributed by atoms with E-state index in [9.17, 15) is 9.59 Å². The lowest BCUT2D eigenvalue weighted by atomic mass is 10.0. The van der Waals surface area contributed by atoms with Gasteiger partial charge in [-0.25, -0.2) is 9.78 Å². The van der Waals surface area contributed by atoms with E-state index in [2.05, 4.69) is 22.4 Å². The highest BCUT2D eigenvalue weighted by Gasteiger charge is 2.22. The number of unbranched alkanes of at least 4 members (excludes halogenated alkanes) is 1. The number of aromatic nitrogens is 2. The Labute approximate surface area is 189 Å². The zero-order valence-corrected chi connectivity index (χ0v) is 18.6. The Balaban J connectivity index is 1.56. The highest BCUT2D eigenvalue weighted by molar-refractivity contribution is 7.14. The van der Waals surface area contributed by atoms with Gasteiger partial charge in [-0.15, -0.1) is 11.3 Å². The van der Waals surface area contributed by atoms with E-state index < -0.39 is 0 Å². The molecule has 3 aromatic rings. The summed E-state index contributed by atoms with van der Waals surface area (Å²) in [6.07, 6.45) is 5.85. The average Bonchev–Trinajstić information content (AvgIpc) is 3.46. The van der Waals surface area contributed by atoms with E-state index in [-0.39, 0.29) is 18.3 Å². The molecule has 2 aromatic heterocycles. The first-order valence-electron chi connectivity index (χ1n) is 10.2. The molecule has 1 aliphatic rings. The summed E-state index contributed by atoms with van der Waals surface area (Å²) in [5, 5.41) is 8.65. The first-order chi connectivity index (χ1) is 15.6. The third-order valence-electron chi connectivity index (χ3n) is 4.91. The molecule has 0 bridgehead atoms. The van der Waals surface area contributed by atoms with Crippen molar-refractivity contribution in [3.63, 3.8) is 0 Å². The molecule has 0 fully saturated rings. The number of rotatable bonds is 8. The molecule has 8 nitrogen and oxygen atoms in total. The molecule has 4 rings (SSSR count). The molecule has 3 heterocycles. The second kappa shape index (κ2) is 9.69. The van der Waals surface area contributed by atoms with Gasteiger partial charge in [-0.1, -0.05) is 24.6 Å². The minimum absolute atomic E-state index is 0.0159. The Kier molecular flexibility index (Phi) is 6.55. The van der Waals surface area contributed by atoms with Crippen molar-refractivity contribution in [3.05, 3.63) is 47.6 Å². The van der Waals surface area contributed by atoms with Gasteiger partial charge in [0.05, 0.1) is 47.9 Å². The highest BCUT2D eigenvalue weighted by atomic mass is 32.1. The average molecular weight is 451 g/mol. The molecule has 9 heteroatoms. The third kappa shape index (κ3) is 4.83. The van der Waals surface area contributed by atoms with Gasteiger partial charge in [0.25, 0.3) is 0 Å². The summed E-state index contributed by atoms with van der Waals surface area (Å²) in [6.45, 7) is 2.06. The van der Waals surface area contributed by atoms with Gasteiger partial charge in [-0.05, 0) is 24.6 Å². The smallest absolute Gasteiger partial charge is 0.341 e. The van der Waals surface area contributed by atoms with Crippen molar-refractivity contribution in [2.45, 2.75) is 32.6 Å². The summed E-state index contributed by atoms with van der Waals surface area (Å²) in [4.78, 5) is 38.0. The number of nitrogens with zero attached hydrogens (tertiary/aromatic N) is 3. The van der Waals surface area contributed by atoms with Crippen LogP contribution in [0.25, 0.3) is 21.8 Å². The number of carbonyl (C=O) groups excluding carboxylic acids is 2. The van der Waals surface area contributed by atoms with Gasteiger partial charge in [0.15, 0.2) is 0 Å². The highest BCUT2D eigenvalue weighted by Crippen LogP contribution is 2.32. The quantitative estimate of drug-likeness (QED) is 0.501. The van der Waals surface area contributed by atoms with Crippen molar-refractivity contribution in [3.8, 4) is 27.6 Å². The van der Waals surface area contributed by atoms with Crippen LogP contribution in [0.5, 0.6) is 5.75 Å². The number of anilines is 1. The molecule has 164 valence electrons. The minimum atomic E-state index is -0.387. The number of hydrogen-bond acceptors (Lipinski definition) is 8. The normalized spacial score (nSPS) is 12.9. The van der Waals surface area contributed by atoms with E-state index in [1.165, 1.54) is 11.3 Å². The van der Waals surface area contributed by atoms with Crippen LogP contribution in [0, 0.1) is 0 Å². The molecule has 1 N–H and O–H groups in total. The molecule has 0 spiro atoms. The number of nitrogens with one attached hydrogen (secondary N) is 1. The van der Waals surface area contributed by atoms with Gasteiger partial charge < -0.3 is 14.9 Å². The fourth-order valence-corrected chi connectivity index (χ4v) is 4.06. The first-order valence-corrected chi connectivity index (χ1v) is 11.1. The van der Waals surface area contributed by atoms with Crippen LogP contribution in [-0.4, -0.2) is 34.7 Å². The number of benzene rings is 1. The molecule has 1 amide bonds. The van der Waals surface area contributed by atoms with Crippen LogP contribution in [0.4, 0.5) is 5.69 Å². The molecule has 0 unspecified atom stereocenters. The summed E-state index contributed by atoms with van der Waals surface area (Å²) in [5.41, 5.74) is 4.20. The third-order valence-corrected chi connectivity index (χ3v) is 5.86. The van der Waals surface area contributed by atoms with Crippen molar-refractivity contribution in [1.82, 2.24) is 9.97 Å². The molecule has 1 aromatic carbocycles. The number of amides is 1. The zero-order chi connectivity index (χ0) is 22.5. The van der Waals surface area contributed by atoms with E-state index in [4.69, 9.17) is 14.6 Å². The minimum Gasteiger partial charge on any atom is -0.496 e. The topological polar surface area (TPSA) is 103 Å². The van der Waals surface area contributed by atoms with Crippen LogP contribution >= 0.6 is 11.3 Å². The van der Waals surface area contributed by atoms with E-state index in [0.717, 1.165) is 29.0 Å². The number of thiophene rings is 1. The number of ether oxygens (including phenoxy) is 1. The van der Waals surface area contributed by atoms with Crippen LogP contribution in [-0.2, 0) is 14.4 Å². The Morgan fingerprint density at radius 3 is 2.84 bits per heavy atom. The fourth-order valence-electron chi connectivity index (χ4n) is 3.26. The number of oxime groups is 1. The Hall–Kier alpha value is -3.59. The van der Waals surface area contributed by atoms with E-state index >= 15 is 0 Å². The summed E-state index contributed by atoms with van der Waals surface area (Å²) in [7, 11) is 1.56. The molecule has 32 heavy (non-hydrogen) atoms. The van der Waals surface area contributed by atoms with Crippen molar-refractivity contribution < 1.29 is 19.2 Å². The Bertz CT molecular complexity index is 1190. The summed E-state index contributed by atoms with van der Waals surface area (Å²) in [6, 6.07) is 7.45. The van der Waals surface area contributed by atoms with E-state index in [0.29, 0.717) is 34.8 Å². The van der Waals surface area contributed by atoms with Crippen molar-refractivity contribution >= 4 is 34.6 Å². The molecule has 1 aliphatic heterocycles. The fraction of sp³-hybridized carbons (Fsp3) is 0.261. The van der Waals surface area contributed by atoms with Gasteiger partial charge in [0.1, 0.15) is 11.5 Å². The number of hydrogen-bond donors (Lipinski definition) is 1. The van der Waals surface area contributed by atoms with Gasteiger partial charge in [0.2, 0.25) is 5.91 Å². The summed E-state index contributed by atoms with van der Waals surface area (Å²) < 4.78 is 5.50. The maximum Gasteiger partial charge on any atom is 0.341 e. The first kappa shape index (κ1) is 21.6. The number of methoxy groups -OCH3 is 1. The van der Waals surface area contributed by atoms with Crippen LogP contribution in [0.1, 0.15) is 38.2 Å². The lowest BCUT2D eigenvalue weighted by Gasteiger charge is -2.10. The van der Waals surface area contributed by atoms with Gasteiger partial charge in [0, 0.05) is 22.9 Å². The summed E-state index contributed by atoms with van der Waals surface area (Å²) in [5.74, 6) is 0.198. The van der Waals surface area contributed by atoms with Crippen molar-refractivity contribution in [2.75, 3.05) is 12.4 Å². The molecule has 0 radical (unpaired) electrons. The second-order valence-corrected chi connectivity index (χ2v) is 8.15. The predicted molar refractivity (Wildman–Crippen MR) is 123 cm³/mol. The molecular formula is C23H22N4O4S. The van der Waals surface area contributed by atoms with Gasteiger partial charge >= 0.3 is 5.97 Å². The van der Waals surface area contributed by atoms with Crippen LogP contribution in [0.15, 0.2) is 47.2 Å². The largest absolute Gasteiger partial charge is 0.496 e. The molecule has 0 saturated carbocycles.